The zero-order chi connectivity index (χ0) is 32.3. The van der Waals surface area contributed by atoms with Crippen LogP contribution in [0.15, 0.2) is 160 Å². The molecule has 5 aromatic carbocycles. The second-order valence-electron chi connectivity index (χ2n) is 12.0. The van der Waals surface area contributed by atoms with Crippen molar-refractivity contribution in [1.82, 2.24) is 4.98 Å². The molecule has 230 valence electrons. The number of furan rings is 1. The van der Waals surface area contributed by atoms with Crippen molar-refractivity contribution >= 4 is 46.1 Å². The van der Waals surface area contributed by atoms with Crippen molar-refractivity contribution in [3.8, 4) is 22.4 Å². The summed E-state index contributed by atoms with van der Waals surface area (Å²) in [7, 11) is 0. The Bertz CT molecular complexity index is 2360. The molecule has 4 heteroatoms. The Balaban J connectivity index is 1.17. The number of nitrogens with zero attached hydrogens (tertiary/aromatic N) is 3. The maximum Gasteiger partial charge on any atom is 0.146 e. The van der Waals surface area contributed by atoms with E-state index < -0.39 is 0 Å². The van der Waals surface area contributed by atoms with Crippen molar-refractivity contribution in [1.29, 1.82) is 0 Å². The number of hydrogen-bond acceptors (Lipinski definition) is 4. The molecule has 48 heavy (non-hydrogen) atoms. The fourth-order valence-electron chi connectivity index (χ4n) is 6.48. The summed E-state index contributed by atoms with van der Waals surface area (Å²) < 4.78 is 6.45. The molecule has 0 saturated carbocycles. The smallest absolute Gasteiger partial charge is 0.146 e. The van der Waals surface area contributed by atoms with Gasteiger partial charge in [0.15, 0.2) is 0 Å². The molecule has 4 nitrogen and oxygen atoms in total. The number of aliphatic imine (C=N–C) groups is 2. The molecule has 0 bridgehead atoms. The zero-order valence-corrected chi connectivity index (χ0v) is 26.5. The molecule has 0 radical (unpaired) electrons. The number of hydrogen-bond donors (Lipinski definition) is 0. The van der Waals surface area contributed by atoms with E-state index in [9.17, 15) is 0 Å². The monoisotopic (exact) mass is 619 g/mol. The predicted octanol–water partition coefficient (Wildman–Crippen LogP) is 11.0. The summed E-state index contributed by atoms with van der Waals surface area (Å²) in [5.41, 5.74) is 13.0. The van der Waals surface area contributed by atoms with Crippen LogP contribution in [0, 0.1) is 0 Å². The molecule has 2 heterocycles. The lowest BCUT2D eigenvalue weighted by molar-refractivity contribution is 0.665. The second-order valence-corrected chi connectivity index (χ2v) is 12.0. The predicted molar refractivity (Wildman–Crippen MR) is 200 cm³/mol. The van der Waals surface area contributed by atoms with Gasteiger partial charge in [-0.2, -0.15) is 0 Å². The summed E-state index contributed by atoms with van der Waals surface area (Å²) in [4.78, 5) is 14.8. The Labute approximate surface area is 280 Å². The van der Waals surface area contributed by atoms with Crippen molar-refractivity contribution < 1.29 is 4.42 Å². The van der Waals surface area contributed by atoms with Gasteiger partial charge in [0, 0.05) is 22.1 Å². The summed E-state index contributed by atoms with van der Waals surface area (Å²) >= 11 is 0. The molecular weight excluding hydrogens is 587 g/mol. The van der Waals surface area contributed by atoms with Gasteiger partial charge in [0.05, 0.1) is 34.7 Å². The van der Waals surface area contributed by atoms with Crippen LogP contribution in [0.25, 0.3) is 56.1 Å². The van der Waals surface area contributed by atoms with Crippen LogP contribution >= 0.6 is 0 Å². The van der Waals surface area contributed by atoms with Crippen LogP contribution in [-0.2, 0) is 13.0 Å². The first-order chi connectivity index (χ1) is 23.7. The summed E-state index contributed by atoms with van der Waals surface area (Å²) in [6, 6.07) is 45.9. The van der Waals surface area contributed by atoms with E-state index in [0.717, 1.165) is 91.0 Å². The van der Waals surface area contributed by atoms with E-state index in [4.69, 9.17) is 14.4 Å². The molecule has 8 rings (SSSR count). The van der Waals surface area contributed by atoms with Gasteiger partial charge in [-0.15, -0.1) is 0 Å². The Hall–Kier alpha value is -6.13. The lowest BCUT2D eigenvalue weighted by atomic mass is 9.96. The first kappa shape index (κ1) is 29.3. The first-order valence-electron chi connectivity index (χ1n) is 16.3. The van der Waals surface area contributed by atoms with Crippen molar-refractivity contribution in [2.24, 2.45) is 9.98 Å². The van der Waals surface area contributed by atoms with E-state index in [1.807, 2.05) is 42.5 Å². The maximum atomic E-state index is 6.45. The van der Waals surface area contributed by atoms with E-state index in [1.54, 1.807) is 0 Å². The number of allylic oxidation sites excluding steroid dienone is 2. The van der Waals surface area contributed by atoms with Crippen molar-refractivity contribution in [3.05, 3.63) is 174 Å². The van der Waals surface area contributed by atoms with Crippen LogP contribution in [0.4, 0.5) is 0 Å². The topological polar surface area (TPSA) is 50.8 Å². The van der Waals surface area contributed by atoms with Crippen molar-refractivity contribution in [2.45, 2.75) is 19.4 Å². The quantitative estimate of drug-likeness (QED) is 0.159. The number of aryl methyl sites for hydroxylation is 1. The highest BCUT2D eigenvalue weighted by atomic mass is 16.3. The van der Waals surface area contributed by atoms with E-state index in [-0.39, 0.29) is 0 Å². The van der Waals surface area contributed by atoms with Crippen molar-refractivity contribution in [2.75, 3.05) is 0 Å². The molecule has 0 amide bonds. The first-order valence-corrected chi connectivity index (χ1v) is 16.3. The molecular formula is C44H33N3O. The molecule has 1 aliphatic carbocycles. The van der Waals surface area contributed by atoms with Crippen LogP contribution in [0.1, 0.15) is 34.4 Å². The molecule has 0 atom stereocenters. The number of fused-ring (bicyclic) bond motifs is 5. The third-order valence-corrected chi connectivity index (χ3v) is 8.90. The minimum absolute atomic E-state index is 0.495. The summed E-state index contributed by atoms with van der Waals surface area (Å²) in [5, 5.41) is 2.14. The highest BCUT2D eigenvalue weighted by Crippen LogP contribution is 2.40. The number of benzene rings is 5. The normalized spacial score (nSPS) is 13.2. The molecule has 0 unspecified atom stereocenters. The summed E-state index contributed by atoms with van der Waals surface area (Å²) in [5.74, 6) is 0. The Kier molecular flexibility index (Phi) is 7.89. The molecule has 0 saturated heterocycles. The average Bonchev–Trinajstić information content (AvgIpc) is 3.56. The van der Waals surface area contributed by atoms with Gasteiger partial charge in [-0.3, -0.25) is 15.0 Å². The molecule has 0 fully saturated rings. The molecule has 1 aliphatic rings. The Morgan fingerprint density at radius 2 is 1.48 bits per heavy atom. The lowest BCUT2D eigenvalue weighted by Crippen LogP contribution is -2.01. The van der Waals surface area contributed by atoms with Gasteiger partial charge in [0.2, 0.25) is 0 Å². The largest absolute Gasteiger partial charge is 0.455 e. The van der Waals surface area contributed by atoms with E-state index in [2.05, 4.69) is 121 Å². The van der Waals surface area contributed by atoms with Gasteiger partial charge in [0.1, 0.15) is 11.2 Å². The number of aromatic nitrogens is 1. The summed E-state index contributed by atoms with van der Waals surface area (Å²) in [6.45, 7) is 4.40. The van der Waals surface area contributed by atoms with Gasteiger partial charge in [0.25, 0.3) is 0 Å². The molecule has 0 spiro atoms. The molecule has 7 aromatic rings. The third-order valence-electron chi connectivity index (χ3n) is 8.90. The maximum absolute atomic E-state index is 6.45. The van der Waals surface area contributed by atoms with Crippen LogP contribution in [0.2, 0.25) is 0 Å². The zero-order valence-electron chi connectivity index (χ0n) is 26.5. The highest BCUT2D eigenvalue weighted by Gasteiger charge is 2.21. The lowest BCUT2D eigenvalue weighted by Gasteiger charge is -2.14. The SMILES string of the molecule is C=N/C(=C\C(=N/Cc1cccc(-c2nc3c(c4oc5ccccc5c24)C=CCC3)c1)c1ccccc1)c1ccc(-c2ccccc2)cc1. The second kappa shape index (κ2) is 12.9. The summed E-state index contributed by atoms with van der Waals surface area (Å²) in [6.07, 6.45) is 8.28. The van der Waals surface area contributed by atoms with Gasteiger partial charge in [-0.05, 0) is 60.0 Å². The standard InChI is InChI=1S/C44H33N3O/c1-45-39(34-25-23-32(24-26-34)31-14-4-2-5-15-31)28-40(33-16-6-3-7-17-33)46-29-30-13-12-18-35(27-30)43-42-37-20-9-11-22-41(37)48-44(42)36-19-8-10-21-38(36)47-43/h2-9,11-20,22-28H,1,10,21,29H2/b39-28-,46-40+. The molecule has 0 N–H and O–H groups in total. The van der Waals surface area contributed by atoms with Gasteiger partial charge in [-0.25, -0.2) is 0 Å². The van der Waals surface area contributed by atoms with Crippen LogP contribution in [-0.4, -0.2) is 17.4 Å². The number of para-hydroxylation sites is 1. The Morgan fingerprint density at radius 1 is 0.750 bits per heavy atom. The fourth-order valence-corrected chi connectivity index (χ4v) is 6.48. The minimum atomic E-state index is 0.495. The van der Waals surface area contributed by atoms with E-state index in [0.29, 0.717) is 6.54 Å². The minimum Gasteiger partial charge on any atom is -0.455 e. The number of pyridine rings is 1. The van der Waals surface area contributed by atoms with Gasteiger partial charge < -0.3 is 4.42 Å². The molecule has 2 aromatic heterocycles. The fraction of sp³-hybridized carbons (Fsp3) is 0.0682. The van der Waals surface area contributed by atoms with Gasteiger partial charge in [-0.1, -0.05) is 133 Å². The number of rotatable bonds is 8. The van der Waals surface area contributed by atoms with Crippen LogP contribution in [0.5, 0.6) is 0 Å². The van der Waals surface area contributed by atoms with Crippen LogP contribution in [0.3, 0.4) is 0 Å². The van der Waals surface area contributed by atoms with Gasteiger partial charge >= 0.3 is 0 Å². The van der Waals surface area contributed by atoms with Crippen LogP contribution < -0.4 is 0 Å². The molecule has 0 aliphatic heterocycles. The Morgan fingerprint density at radius 3 is 2.29 bits per heavy atom. The van der Waals surface area contributed by atoms with E-state index in [1.165, 1.54) is 5.56 Å². The van der Waals surface area contributed by atoms with E-state index >= 15 is 0 Å². The highest BCUT2D eigenvalue weighted by molar-refractivity contribution is 6.14. The third kappa shape index (κ3) is 5.69. The average molecular weight is 620 g/mol. The van der Waals surface area contributed by atoms with Crippen molar-refractivity contribution in [3.63, 3.8) is 0 Å².